The molecule has 0 aliphatic rings. The first kappa shape index (κ1) is 14.2. The molecule has 0 fully saturated rings. The van der Waals surface area contributed by atoms with E-state index in [-0.39, 0.29) is 0 Å². The maximum atomic E-state index is 6.06. The first-order valence-electron chi connectivity index (χ1n) is 5.51. The first-order valence-corrected chi connectivity index (χ1v) is 8.22. The van der Waals surface area contributed by atoms with Gasteiger partial charge in [-0.05, 0) is 46.4 Å². The van der Waals surface area contributed by atoms with E-state index in [9.17, 15) is 0 Å². The highest BCUT2D eigenvalue weighted by Gasteiger charge is 2.19. The maximum Gasteiger partial charge on any atom is 0.177 e. The van der Waals surface area contributed by atoms with Crippen molar-refractivity contribution in [3.63, 3.8) is 0 Å². The zero-order valence-corrected chi connectivity index (χ0v) is 14.3. The van der Waals surface area contributed by atoms with Crippen molar-refractivity contribution in [2.45, 2.75) is 0 Å². The summed E-state index contributed by atoms with van der Waals surface area (Å²) in [6.07, 6.45) is 0. The van der Waals surface area contributed by atoms with Gasteiger partial charge in [0, 0.05) is 10.9 Å². The SMILES string of the molecule is Nc1noc(-c2csc(I)c2)c1-c1ccc(Cl)c(Cl)c1. The zero-order chi connectivity index (χ0) is 14.3. The van der Waals surface area contributed by atoms with Crippen LogP contribution in [0.3, 0.4) is 0 Å². The molecule has 0 aliphatic heterocycles. The predicted molar refractivity (Wildman–Crippen MR) is 92.4 cm³/mol. The zero-order valence-electron chi connectivity index (χ0n) is 9.86. The van der Waals surface area contributed by atoms with Gasteiger partial charge in [0.05, 0.1) is 18.5 Å². The molecule has 2 heterocycles. The normalized spacial score (nSPS) is 10.9. The lowest BCUT2D eigenvalue weighted by molar-refractivity contribution is 0.436. The first-order chi connectivity index (χ1) is 9.56. The Hall–Kier alpha value is -0.760. The van der Waals surface area contributed by atoms with Crippen LogP contribution in [0.5, 0.6) is 0 Å². The van der Waals surface area contributed by atoms with E-state index in [1.165, 1.54) is 0 Å². The molecule has 0 saturated heterocycles. The van der Waals surface area contributed by atoms with Gasteiger partial charge in [0.2, 0.25) is 0 Å². The van der Waals surface area contributed by atoms with Crippen molar-refractivity contribution in [2.24, 2.45) is 0 Å². The van der Waals surface area contributed by atoms with Gasteiger partial charge in [0.1, 0.15) is 0 Å². The highest BCUT2D eigenvalue weighted by atomic mass is 127. The average molecular weight is 437 g/mol. The van der Waals surface area contributed by atoms with Crippen LogP contribution in [0.1, 0.15) is 0 Å². The number of aromatic nitrogens is 1. The summed E-state index contributed by atoms with van der Waals surface area (Å²) in [7, 11) is 0. The average Bonchev–Trinajstić information content (AvgIpc) is 2.99. The van der Waals surface area contributed by atoms with Crippen LogP contribution in [0.4, 0.5) is 5.82 Å². The van der Waals surface area contributed by atoms with E-state index < -0.39 is 0 Å². The number of nitrogens with two attached hydrogens (primary N) is 1. The Morgan fingerprint density at radius 2 is 1.95 bits per heavy atom. The minimum atomic E-state index is 0.333. The van der Waals surface area contributed by atoms with Crippen LogP contribution in [0, 0.1) is 2.88 Å². The molecule has 3 nitrogen and oxygen atoms in total. The number of halogens is 3. The predicted octanol–water partition coefficient (Wildman–Crippen LogP) is 5.56. The Kier molecular flexibility index (Phi) is 3.94. The Bertz CT molecular complexity index is 785. The molecule has 0 radical (unpaired) electrons. The second-order valence-corrected chi connectivity index (χ2v) is 7.66. The fourth-order valence-corrected chi connectivity index (χ4v) is 3.48. The van der Waals surface area contributed by atoms with Gasteiger partial charge in [-0.15, -0.1) is 11.3 Å². The number of rotatable bonds is 2. The van der Waals surface area contributed by atoms with Gasteiger partial charge in [0.15, 0.2) is 11.6 Å². The smallest absolute Gasteiger partial charge is 0.177 e. The van der Waals surface area contributed by atoms with Gasteiger partial charge in [-0.3, -0.25) is 0 Å². The summed E-state index contributed by atoms with van der Waals surface area (Å²) in [5.41, 5.74) is 8.44. The van der Waals surface area contributed by atoms with Crippen molar-refractivity contribution in [2.75, 3.05) is 5.73 Å². The van der Waals surface area contributed by atoms with E-state index in [4.69, 9.17) is 33.5 Å². The van der Waals surface area contributed by atoms with Crippen molar-refractivity contribution in [3.05, 3.63) is 42.6 Å². The van der Waals surface area contributed by atoms with Crippen molar-refractivity contribution in [3.8, 4) is 22.5 Å². The van der Waals surface area contributed by atoms with Gasteiger partial charge in [0.25, 0.3) is 0 Å². The number of benzene rings is 1. The lowest BCUT2D eigenvalue weighted by Crippen LogP contribution is -1.88. The fourth-order valence-electron chi connectivity index (χ4n) is 1.86. The molecule has 2 aromatic heterocycles. The maximum absolute atomic E-state index is 6.06. The summed E-state index contributed by atoms with van der Waals surface area (Å²) in [6, 6.07) is 7.35. The highest BCUT2D eigenvalue weighted by Crippen LogP contribution is 2.40. The molecule has 0 amide bonds. The Morgan fingerprint density at radius 3 is 2.60 bits per heavy atom. The standard InChI is InChI=1S/C13H7Cl2IN2OS/c14-8-2-1-6(3-9(8)15)11-12(19-18-13(11)17)7-4-10(16)20-5-7/h1-5H,(H2,17,18). The lowest BCUT2D eigenvalue weighted by atomic mass is 10.0. The second-order valence-electron chi connectivity index (χ2n) is 4.04. The molecule has 0 aliphatic carbocycles. The summed E-state index contributed by atoms with van der Waals surface area (Å²) in [5, 5.41) is 6.83. The van der Waals surface area contributed by atoms with Crippen LogP contribution in [0.15, 0.2) is 34.2 Å². The largest absolute Gasteiger partial charge is 0.380 e. The molecule has 20 heavy (non-hydrogen) atoms. The molecule has 3 aromatic rings. The Morgan fingerprint density at radius 1 is 1.15 bits per heavy atom. The molecular formula is C13H7Cl2IN2OS. The molecule has 102 valence electrons. The summed E-state index contributed by atoms with van der Waals surface area (Å²) in [4.78, 5) is 0. The van der Waals surface area contributed by atoms with Gasteiger partial charge in [-0.1, -0.05) is 34.4 Å². The van der Waals surface area contributed by atoms with Gasteiger partial charge >= 0.3 is 0 Å². The number of hydrogen-bond donors (Lipinski definition) is 1. The minimum absolute atomic E-state index is 0.333. The molecule has 7 heteroatoms. The number of nitrogens with zero attached hydrogens (tertiary/aromatic N) is 1. The van der Waals surface area contributed by atoms with Crippen molar-refractivity contribution < 1.29 is 4.52 Å². The third-order valence-electron chi connectivity index (χ3n) is 2.76. The monoisotopic (exact) mass is 436 g/mol. The van der Waals surface area contributed by atoms with Crippen molar-refractivity contribution >= 4 is 62.9 Å². The Labute approximate surface area is 142 Å². The quantitative estimate of drug-likeness (QED) is 0.534. The van der Waals surface area contributed by atoms with Crippen LogP contribution in [-0.4, -0.2) is 5.16 Å². The second kappa shape index (κ2) is 5.55. The topological polar surface area (TPSA) is 52.0 Å². The van der Waals surface area contributed by atoms with E-state index in [0.717, 1.165) is 19.6 Å². The van der Waals surface area contributed by atoms with Gasteiger partial charge in [-0.25, -0.2) is 0 Å². The van der Waals surface area contributed by atoms with Crippen LogP contribution in [-0.2, 0) is 0 Å². The molecule has 0 unspecified atom stereocenters. The molecule has 3 rings (SSSR count). The number of anilines is 1. The summed E-state index contributed by atoms with van der Waals surface area (Å²) >= 11 is 15.9. The third kappa shape index (κ3) is 2.55. The van der Waals surface area contributed by atoms with Crippen LogP contribution in [0.25, 0.3) is 22.5 Å². The van der Waals surface area contributed by atoms with Crippen LogP contribution in [0.2, 0.25) is 10.0 Å². The summed E-state index contributed by atoms with van der Waals surface area (Å²) < 4.78 is 6.53. The summed E-state index contributed by atoms with van der Waals surface area (Å²) in [6.45, 7) is 0. The highest BCUT2D eigenvalue weighted by molar-refractivity contribution is 14.1. The number of thiophene rings is 1. The molecule has 2 N–H and O–H groups in total. The van der Waals surface area contributed by atoms with Crippen LogP contribution >= 0.6 is 57.1 Å². The number of nitrogen functional groups attached to an aromatic ring is 1. The third-order valence-corrected chi connectivity index (χ3v) is 5.28. The molecule has 0 bridgehead atoms. The molecule has 0 spiro atoms. The van der Waals surface area contributed by atoms with E-state index >= 15 is 0 Å². The van der Waals surface area contributed by atoms with E-state index in [1.807, 2.05) is 17.5 Å². The fraction of sp³-hybridized carbons (Fsp3) is 0. The van der Waals surface area contributed by atoms with Crippen molar-refractivity contribution in [1.82, 2.24) is 5.16 Å². The van der Waals surface area contributed by atoms with E-state index in [0.29, 0.717) is 21.6 Å². The van der Waals surface area contributed by atoms with Gasteiger partial charge in [-0.2, -0.15) is 0 Å². The molecular weight excluding hydrogens is 430 g/mol. The molecule has 1 aromatic carbocycles. The molecule has 0 saturated carbocycles. The Balaban J connectivity index is 2.18. The summed E-state index contributed by atoms with van der Waals surface area (Å²) in [5.74, 6) is 0.972. The van der Waals surface area contributed by atoms with E-state index in [2.05, 4.69) is 27.7 Å². The molecule has 0 atom stereocenters. The van der Waals surface area contributed by atoms with Crippen molar-refractivity contribution in [1.29, 1.82) is 0 Å². The lowest BCUT2D eigenvalue weighted by Gasteiger charge is -2.03. The van der Waals surface area contributed by atoms with E-state index in [1.54, 1.807) is 23.5 Å². The van der Waals surface area contributed by atoms with Crippen LogP contribution < -0.4 is 5.73 Å². The number of hydrogen-bond acceptors (Lipinski definition) is 4. The van der Waals surface area contributed by atoms with Gasteiger partial charge < -0.3 is 10.3 Å². The minimum Gasteiger partial charge on any atom is -0.380 e.